The Bertz CT molecular complexity index is 626. The molecule has 2 aromatic rings. The molecule has 0 saturated carbocycles. The van der Waals surface area contributed by atoms with Crippen LogP contribution in [0.15, 0.2) is 46.9 Å². The zero-order valence-electron chi connectivity index (χ0n) is 11.4. The van der Waals surface area contributed by atoms with Crippen LogP contribution in [0.2, 0.25) is 0 Å². The van der Waals surface area contributed by atoms with Crippen molar-refractivity contribution in [2.24, 2.45) is 0 Å². The summed E-state index contributed by atoms with van der Waals surface area (Å²) in [6.07, 6.45) is 0. The van der Waals surface area contributed by atoms with Crippen molar-refractivity contribution in [3.05, 3.63) is 58.1 Å². The van der Waals surface area contributed by atoms with E-state index in [9.17, 15) is 4.79 Å². The number of benzene rings is 2. The molecule has 0 unspecified atom stereocenters. The van der Waals surface area contributed by atoms with Crippen molar-refractivity contribution in [2.45, 2.75) is 6.92 Å². The number of ketones is 1. The van der Waals surface area contributed by atoms with Crippen molar-refractivity contribution in [1.29, 1.82) is 0 Å². The van der Waals surface area contributed by atoms with E-state index in [1.54, 1.807) is 25.3 Å². The van der Waals surface area contributed by atoms with Crippen LogP contribution < -0.4 is 10.1 Å². The Balaban J connectivity index is 2.05. The van der Waals surface area contributed by atoms with Gasteiger partial charge in [-0.05, 0) is 52.7 Å². The van der Waals surface area contributed by atoms with Crippen molar-refractivity contribution < 1.29 is 9.53 Å². The van der Waals surface area contributed by atoms with E-state index in [0.717, 1.165) is 15.7 Å². The number of halogens is 1. The van der Waals surface area contributed by atoms with Crippen LogP contribution >= 0.6 is 15.9 Å². The number of aryl methyl sites for hydroxylation is 1. The molecule has 104 valence electrons. The molecule has 1 N–H and O–H groups in total. The van der Waals surface area contributed by atoms with E-state index in [1.807, 2.05) is 31.2 Å². The fourth-order valence-electron chi connectivity index (χ4n) is 1.89. The number of rotatable bonds is 5. The topological polar surface area (TPSA) is 38.3 Å². The first-order chi connectivity index (χ1) is 9.61. The van der Waals surface area contributed by atoms with Crippen LogP contribution in [0.4, 0.5) is 5.69 Å². The van der Waals surface area contributed by atoms with E-state index in [2.05, 4.69) is 21.2 Å². The van der Waals surface area contributed by atoms with Gasteiger partial charge in [-0.15, -0.1) is 0 Å². The van der Waals surface area contributed by atoms with Crippen molar-refractivity contribution in [3.8, 4) is 5.75 Å². The monoisotopic (exact) mass is 333 g/mol. The molecule has 0 spiro atoms. The molecule has 0 heterocycles. The van der Waals surface area contributed by atoms with Crippen LogP contribution in [0.25, 0.3) is 0 Å². The van der Waals surface area contributed by atoms with Gasteiger partial charge < -0.3 is 10.1 Å². The Morgan fingerprint density at radius 1 is 1.25 bits per heavy atom. The Morgan fingerprint density at radius 2 is 2.00 bits per heavy atom. The van der Waals surface area contributed by atoms with Crippen LogP contribution in [0, 0.1) is 6.92 Å². The van der Waals surface area contributed by atoms with Gasteiger partial charge >= 0.3 is 0 Å². The lowest BCUT2D eigenvalue weighted by molar-refractivity contribution is 0.101. The first kappa shape index (κ1) is 14.6. The van der Waals surface area contributed by atoms with Gasteiger partial charge in [0.25, 0.3) is 0 Å². The summed E-state index contributed by atoms with van der Waals surface area (Å²) in [5.41, 5.74) is 2.75. The van der Waals surface area contributed by atoms with Crippen LogP contribution in [0.5, 0.6) is 5.75 Å². The lowest BCUT2D eigenvalue weighted by Crippen LogP contribution is -2.14. The van der Waals surface area contributed by atoms with Crippen LogP contribution in [0.1, 0.15) is 15.9 Å². The highest BCUT2D eigenvalue weighted by molar-refractivity contribution is 9.10. The summed E-state index contributed by atoms with van der Waals surface area (Å²) in [5, 5.41) is 3.16. The van der Waals surface area contributed by atoms with Crippen LogP contribution in [-0.2, 0) is 0 Å². The Labute approximate surface area is 127 Å². The summed E-state index contributed by atoms with van der Waals surface area (Å²) in [5.74, 6) is 0.755. The van der Waals surface area contributed by atoms with Crippen LogP contribution in [-0.4, -0.2) is 19.4 Å². The van der Waals surface area contributed by atoms with E-state index in [1.165, 1.54) is 0 Å². The maximum absolute atomic E-state index is 12.2. The molecule has 0 aliphatic heterocycles. The van der Waals surface area contributed by atoms with E-state index < -0.39 is 0 Å². The van der Waals surface area contributed by atoms with Gasteiger partial charge in [0.15, 0.2) is 5.78 Å². The fraction of sp³-hybridized carbons (Fsp3) is 0.188. The minimum Gasteiger partial charge on any atom is -0.496 e. The number of ether oxygens (including phenoxy) is 1. The Morgan fingerprint density at radius 3 is 2.65 bits per heavy atom. The maximum atomic E-state index is 12.2. The largest absolute Gasteiger partial charge is 0.496 e. The summed E-state index contributed by atoms with van der Waals surface area (Å²) in [6.45, 7) is 2.28. The minimum absolute atomic E-state index is 0.0385. The van der Waals surface area contributed by atoms with E-state index in [-0.39, 0.29) is 12.3 Å². The highest BCUT2D eigenvalue weighted by atomic mass is 79.9. The highest BCUT2D eigenvalue weighted by Crippen LogP contribution is 2.25. The Kier molecular flexibility index (Phi) is 4.79. The number of carbonyl (C=O) groups is 1. The highest BCUT2D eigenvalue weighted by Gasteiger charge is 2.09. The summed E-state index contributed by atoms with van der Waals surface area (Å²) >= 11 is 3.39. The summed E-state index contributed by atoms with van der Waals surface area (Å²) in [6, 6.07) is 13.2. The second-order valence-corrected chi connectivity index (χ2v) is 5.30. The van der Waals surface area contributed by atoms with E-state index in [0.29, 0.717) is 11.3 Å². The van der Waals surface area contributed by atoms with Gasteiger partial charge in [0.1, 0.15) is 5.75 Å². The second kappa shape index (κ2) is 6.57. The van der Waals surface area contributed by atoms with Gasteiger partial charge in [-0.3, -0.25) is 4.79 Å². The number of carbonyl (C=O) groups excluding carboxylic acids is 1. The predicted octanol–water partition coefficient (Wildman–Crippen LogP) is 4.06. The van der Waals surface area contributed by atoms with Crippen LogP contribution in [0.3, 0.4) is 0 Å². The first-order valence-electron chi connectivity index (χ1n) is 6.28. The smallest absolute Gasteiger partial charge is 0.181 e. The molecule has 0 radical (unpaired) electrons. The SMILES string of the molecule is COc1ccc(C(=O)CNc2ccccc2C)cc1Br. The Hall–Kier alpha value is -1.81. The molecule has 2 aromatic carbocycles. The molecule has 0 saturated heterocycles. The lowest BCUT2D eigenvalue weighted by Gasteiger charge is -2.09. The standard InChI is InChI=1S/C16H16BrNO2/c1-11-5-3-4-6-14(11)18-10-15(19)12-7-8-16(20-2)13(17)9-12/h3-9,18H,10H2,1-2H3. The fourth-order valence-corrected chi connectivity index (χ4v) is 2.43. The van der Waals surface area contributed by atoms with Gasteiger partial charge in [-0.2, -0.15) is 0 Å². The molecule has 4 heteroatoms. The molecular weight excluding hydrogens is 318 g/mol. The molecule has 0 aromatic heterocycles. The number of Topliss-reactive ketones (excluding diaryl/α,β-unsaturated/α-hetero) is 1. The van der Waals surface area contributed by atoms with Gasteiger partial charge in [0, 0.05) is 11.3 Å². The van der Waals surface area contributed by atoms with Crippen molar-refractivity contribution in [2.75, 3.05) is 19.0 Å². The second-order valence-electron chi connectivity index (χ2n) is 4.44. The minimum atomic E-state index is 0.0385. The number of nitrogens with one attached hydrogen (secondary N) is 1. The summed E-state index contributed by atoms with van der Waals surface area (Å²) < 4.78 is 5.93. The van der Waals surface area contributed by atoms with Crippen molar-refractivity contribution in [1.82, 2.24) is 0 Å². The van der Waals surface area contributed by atoms with E-state index in [4.69, 9.17) is 4.74 Å². The molecule has 2 rings (SSSR count). The normalized spacial score (nSPS) is 10.2. The third-order valence-electron chi connectivity index (χ3n) is 3.06. The average Bonchev–Trinajstić information content (AvgIpc) is 2.46. The maximum Gasteiger partial charge on any atom is 0.181 e. The molecule has 0 bridgehead atoms. The number of hydrogen-bond donors (Lipinski definition) is 1. The molecule has 20 heavy (non-hydrogen) atoms. The van der Waals surface area contributed by atoms with Gasteiger partial charge in [0.2, 0.25) is 0 Å². The summed E-state index contributed by atoms with van der Waals surface area (Å²) in [7, 11) is 1.60. The quantitative estimate of drug-likeness (QED) is 0.838. The molecule has 0 fully saturated rings. The lowest BCUT2D eigenvalue weighted by atomic mass is 10.1. The zero-order valence-corrected chi connectivity index (χ0v) is 13.0. The summed E-state index contributed by atoms with van der Waals surface area (Å²) in [4.78, 5) is 12.2. The van der Waals surface area contributed by atoms with Gasteiger partial charge in [0.05, 0.1) is 18.1 Å². The molecule has 0 amide bonds. The number of para-hydroxylation sites is 1. The number of hydrogen-bond acceptors (Lipinski definition) is 3. The van der Waals surface area contributed by atoms with Gasteiger partial charge in [-0.25, -0.2) is 0 Å². The third-order valence-corrected chi connectivity index (χ3v) is 3.68. The van der Waals surface area contributed by atoms with E-state index >= 15 is 0 Å². The molecule has 3 nitrogen and oxygen atoms in total. The zero-order chi connectivity index (χ0) is 14.5. The van der Waals surface area contributed by atoms with Crippen molar-refractivity contribution in [3.63, 3.8) is 0 Å². The van der Waals surface area contributed by atoms with Crippen molar-refractivity contribution >= 4 is 27.4 Å². The first-order valence-corrected chi connectivity index (χ1v) is 7.07. The molecule has 0 atom stereocenters. The van der Waals surface area contributed by atoms with Gasteiger partial charge in [-0.1, -0.05) is 18.2 Å². The number of methoxy groups -OCH3 is 1. The third kappa shape index (κ3) is 3.39. The number of anilines is 1. The average molecular weight is 334 g/mol. The molecule has 0 aliphatic carbocycles. The predicted molar refractivity (Wildman–Crippen MR) is 84.7 cm³/mol. The molecular formula is C16H16BrNO2. The molecule has 0 aliphatic rings.